The summed E-state index contributed by atoms with van der Waals surface area (Å²) in [7, 11) is 2.87. The molecule has 0 N–H and O–H groups in total. The molecular weight excluding hydrogens is 481 g/mol. The molecule has 2 atom stereocenters. The number of ether oxygens (including phenoxy) is 2. The van der Waals surface area contributed by atoms with E-state index in [1.807, 2.05) is 21.1 Å². The largest absolute Gasteiger partial charge is 0.754 e. The van der Waals surface area contributed by atoms with Crippen LogP contribution in [0.1, 0.15) is 110 Å². The zero-order valence-electron chi connectivity index (χ0n) is 24.2. The van der Waals surface area contributed by atoms with Gasteiger partial charge in [-0.2, -0.15) is 4.67 Å². The van der Waals surface area contributed by atoms with E-state index < -0.39 is 13.9 Å². The minimum atomic E-state index is -4.49. The molecule has 0 aliphatic rings. The predicted molar refractivity (Wildman–Crippen MR) is 145 cm³/mol. The van der Waals surface area contributed by atoms with Gasteiger partial charge in [-0.25, -0.2) is 4.89 Å². The zero-order valence-corrected chi connectivity index (χ0v) is 25.1. The summed E-state index contributed by atoms with van der Waals surface area (Å²) >= 11 is 0. The van der Waals surface area contributed by atoms with Crippen LogP contribution in [0.2, 0.25) is 0 Å². The van der Waals surface area contributed by atoms with Crippen LogP contribution in [0.3, 0.4) is 0 Å². The molecule has 0 rings (SSSR count). The number of quaternary nitrogens is 1. The number of hydrogen-bond donors (Lipinski definition) is 0. The van der Waals surface area contributed by atoms with E-state index in [2.05, 4.69) is 11.6 Å². The van der Waals surface area contributed by atoms with Crippen molar-refractivity contribution >= 4 is 7.82 Å². The second-order valence-electron chi connectivity index (χ2n) is 10.9. The number of hydrogen-bond acceptors (Lipinski definition) is 7. The van der Waals surface area contributed by atoms with Crippen molar-refractivity contribution in [2.75, 3.05) is 61.2 Å². The van der Waals surface area contributed by atoms with Gasteiger partial charge in [0.1, 0.15) is 25.9 Å². The Hall–Kier alpha value is -0.0500. The Bertz CT molecular complexity index is 517. The Morgan fingerprint density at radius 2 is 1.19 bits per heavy atom. The van der Waals surface area contributed by atoms with E-state index in [-0.39, 0.29) is 13.2 Å². The van der Waals surface area contributed by atoms with Crippen LogP contribution >= 0.6 is 7.82 Å². The van der Waals surface area contributed by atoms with Gasteiger partial charge in [0, 0.05) is 13.7 Å². The standard InChI is InChI=1S/C27H58NO7P/c1-6-7-8-9-10-11-12-13-14-15-16-17-18-19-20-21-23-32-25-27(31-5)26-33-35-36(29,30)34-24-22-28(2,3)4/h27H,6-26H2,1-5H3/t27-/m1/s1. The number of methoxy groups -OCH3 is 1. The van der Waals surface area contributed by atoms with Crippen LogP contribution in [0.5, 0.6) is 0 Å². The topological polar surface area (TPSA) is 86.3 Å². The van der Waals surface area contributed by atoms with Crippen molar-refractivity contribution in [1.82, 2.24) is 0 Å². The van der Waals surface area contributed by atoms with Crippen molar-refractivity contribution in [3.8, 4) is 0 Å². The zero-order chi connectivity index (χ0) is 27.0. The molecule has 1 unspecified atom stereocenters. The first-order valence-corrected chi connectivity index (χ1v) is 15.8. The Balaban J connectivity index is 3.48. The van der Waals surface area contributed by atoms with Gasteiger partial charge in [-0.15, -0.1) is 0 Å². The molecule has 0 radical (unpaired) electrons. The van der Waals surface area contributed by atoms with Crippen molar-refractivity contribution in [3.05, 3.63) is 0 Å². The molecule has 0 aliphatic carbocycles. The lowest BCUT2D eigenvalue weighted by Crippen LogP contribution is -2.37. The average molecular weight is 540 g/mol. The summed E-state index contributed by atoms with van der Waals surface area (Å²) in [5.41, 5.74) is 0. The highest BCUT2D eigenvalue weighted by Crippen LogP contribution is 2.38. The van der Waals surface area contributed by atoms with Gasteiger partial charge in [-0.1, -0.05) is 103 Å². The van der Waals surface area contributed by atoms with Crippen LogP contribution in [0.15, 0.2) is 0 Å². The molecule has 0 saturated carbocycles. The molecule has 218 valence electrons. The minimum absolute atomic E-state index is 0.0315. The molecule has 0 aromatic heterocycles. The average Bonchev–Trinajstić information content (AvgIpc) is 2.81. The summed E-state index contributed by atoms with van der Waals surface area (Å²) in [6.45, 7) is 3.76. The Morgan fingerprint density at radius 1 is 0.722 bits per heavy atom. The number of rotatable bonds is 28. The normalized spacial score (nSPS) is 14.7. The monoisotopic (exact) mass is 539 g/mol. The van der Waals surface area contributed by atoms with Gasteiger partial charge in [0.15, 0.2) is 0 Å². The summed E-state index contributed by atoms with van der Waals surface area (Å²) in [5, 5.41) is 0. The van der Waals surface area contributed by atoms with Crippen LogP contribution in [0.4, 0.5) is 0 Å². The Labute approximate surface area is 222 Å². The number of phosphoric acid groups is 1. The molecule has 0 fully saturated rings. The maximum Gasteiger partial charge on any atom is 0.298 e. The first-order valence-electron chi connectivity index (χ1n) is 14.4. The van der Waals surface area contributed by atoms with Crippen LogP contribution in [-0.2, 0) is 28.1 Å². The fraction of sp³-hybridized carbons (Fsp3) is 1.00. The summed E-state index contributed by atoms with van der Waals surface area (Å²) in [6.07, 6.45) is 21.1. The van der Waals surface area contributed by atoms with Crippen molar-refractivity contribution < 1.29 is 37.5 Å². The first-order chi connectivity index (χ1) is 17.2. The lowest BCUT2D eigenvalue weighted by molar-refractivity contribution is -0.870. The molecule has 36 heavy (non-hydrogen) atoms. The molecule has 9 heteroatoms. The molecule has 0 saturated heterocycles. The SMILES string of the molecule is CCCCCCCCCCCCCCCCCCOC[C@H](COOP(=O)([O-])OCC[N+](C)(C)C)OC. The van der Waals surface area contributed by atoms with E-state index in [0.29, 0.717) is 24.2 Å². The van der Waals surface area contributed by atoms with E-state index in [0.717, 1.165) is 6.42 Å². The highest BCUT2D eigenvalue weighted by atomic mass is 31.2. The van der Waals surface area contributed by atoms with Crippen molar-refractivity contribution in [2.24, 2.45) is 0 Å². The number of likely N-dealkylation sites (N-methyl/N-ethyl adjacent to an activating group) is 1. The van der Waals surface area contributed by atoms with Gasteiger partial charge in [0.2, 0.25) is 0 Å². The van der Waals surface area contributed by atoms with Crippen molar-refractivity contribution in [1.29, 1.82) is 0 Å². The third-order valence-corrected chi connectivity index (χ3v) is 6.98. The van der Waals surface area contributed by atoms with Gasteiger partial charge in [-0.05, 0) is 6.42 Å². The quantitative estimate of drug-likeness (QED) is 0.0373. The fourth-order valence-electron chi connectivity index (χ4n) is 3.77. The third-order valence-electron chi connectivity index (χ3n) is 6.19. The molecule has 0 aromatic carbocycles. The Morgan fingerprint density at radius 3 is 1.64 bits per heavy atom. The van der Waals surface area contributed by atoms with E-state index >= 15 is 0 Å². The second kappa shape index (κ2) is 24.0. The highest BCUT2D eigenvalue weighted by molar-refractivity contribution is 7.45. The van der Waals surface area contributed by atoms with Crippen LogP contribution in [-0.4, -0.2) is 71.8 Å². The van der Waals surface area contributed by atoms with Gasteiger partial charge < -0.3 is 23.4 Å². The van der Waals surface area contributed by atoms with Gasteiger partial charge >= 0.3 is 0 Å². The number of nitrogens with zero attached hydrogens (tertiary/aromatic N) is 1. The van der Waals surface area contributed by atoms with Gasteiger partial charge in [0.05, 0.1) is 27.7 Å². The van der Waals surface area contributed by atoms with Crippen LogP contribution in [0, 0.1) is 0 Å². The predicted octanol–water partition coefficient (Wildman–Crippen LogP) is 6.42. The lowest BCUT2D eigenvalue weighted by atomic mass is 10.0. The van der Waals surface area contributed by atoms with E-state index in [1.165, 1.54) is 103 Å². The smallest absolute Gasteiger partial charge is 0.298 e. The van der Waals surface area contributed by atoms with Crippen LogP contribution < -0.4 is 4.89 Å². The van der Waals surface area contributed by atoms with E-state index in [1.54, 1.807) is 0 Å². The number of phosphoric ester groups is 1. The van der Waals surface area contributed by atoms with E-state index in [4.69, 9.17) is 18.9 Å². The highest BCUT2D eigenvalue weighted by Gasteiger charge is 2.16. The molecule has 0 aliphatic heterocycles. The maximum absolute atomic E-state index is 11.7. The Kier molecular flexibility index (Phi) is 24.0. The summed E-state index contributed by atoms with van der Waals surface area (Å²) in [4.78, 5) is 16.5. The first kappa shape index (κ1) is 35.9. The van der Waals surface area contributed by atoms with Crippen LogP contribution in [0.25, 0.3) is 0 Å². The number of unbranched alkanes of at least 4 members (excludes halogenated alkanes) is 15. The lowest BCUT2D eigenvalue weighted by Gasteiger charge is -2.26. The molecule has 0 heterocycles. The summed E-state index contributed by atoms with van der Waals surface area (Å²) in [5.74, 6) is 0. The minimum Gasteiger partial charge on any atom is -0.754 e. The summed E-state index contributed by atoms with van der Waals surface area (Å²) in [6, 6.07) is 0. The maximum atomic E-state index is 11.7. The third kappa shape index (κ3) is 27.0. The molecule has 0 aromatic rings. The van der Waals surface area contributed by atoms with Crippen molar-refractivity contribution in [3.63, 3.8) is 0 Å². The molecule has 0 bridgehead atoms. The van der Waals surface area contributed by atoms with Crippen molar-refractivity contribution in [2.45, 2.75) is 116 Å². The van der Waals surface area contributed by atoms with Gasteiger partial charge in [-0.3, -0.25) is 4.57 Å². The summed E-state index contributed by atoms with van der Waals surface area (Å²) < 4.78 is 32.4. The second-order valence-corrected chi connectivity index (χ2v) is 12.2. The van der Waals surface area contributed by atoms with E-state index in [9.17, 15) is 9.46 Å². The molecule has 0 amide bonds. The van der Waals surface area contributed by atoms with Gasteiger partial charge in [0.25, 0.3) is 7.82 Å². The molecular formula is C27H58NO7P. The fourth-order valence-corrected chi connectivity index (χ4v) is 4.31. The molecule has 8 nitrogen and oxygen atoms in total. The molecule has 0 spiro atoms.